The maximum atomic E-state index is 11.0. The number of rotatable bonds is 4. The van der Waals surface area contributed by atoms with Crippen LogP contribution in [0.15, 0.2) is 0 Å². The molecule has 0 fully saturated rings. The average Bonchev–Trinajstić information content (AvgIpc) is 1.82. The van der Waals surface area contributed by atoms with Gasteiger partial charge in [-0.25, -0.2) is 0 Å². The monoisotopic (exact) mass is 160 g/mol. The molecule has 0 atom stereocenters. The summed E-state index contributed by atoms with van der Waals surface area (Å²) < 4.78 is 0. The Morgan fingerprint density at radius 2 is 1.80 bits per heavy atom. The number of carbonyl (C=O) groups is 1. The molecule has 10 heavy (non-hydrogen) atoms. The number of hydrogen-bond acceptors (Lipinski definition) is 2. The zero-order valence-corrected chi connectivity index (χ0v) is 7.99. The van der Waals surface area contributed by atoms with Crippen molar-refractivity contribution in [2.45, 2.75) is 32.9 Å². The summed E-state index contributed by atoms with van der Waals surface area (Å²) in [5, 5.41) is 0.572. The van der Waals surface area contributed by atoms with Crippen LogP contribution < -0.4 is 0 Å². The molecule has 0 bridgehead atoms. The highest BCUT2D eigenvalue weighted by Crippen LogP contribution is 2.10. The van der Waals surface area contributed by atoms with E-state index in [0.717, 1.165) is 0 Å². The molecule has 0 saturated carbocycles. The van der Waals surface area contributed by atoms with Crippen LogP contribution in [0.2, 0.25) is 0 Å². The minimum atomic E-state index is 0.200. The van der Waals surface area contributed by atoms with Gasteiger partial charge >= 0.3 is 0 Å². The number of hydrogen-bond donors (Lipinski definition) is 0. The Bertz CT molecular complexity index is 108. The molecule has 0 amide bonds. The molecule has 0 heterocycles. The van der Waals surface area contributed by atoms with Gasteiger partial charge in [-0.3, -0.25) is 4.79 Å². The molecule has 0 aromatic carbocycles. The Kier molecular flexibility index (Phi) is 4.79. The third kappa shape index (κ3) is 4.86. The van der Waals surface area contributed by atoms with E-state index in [0.29, 0.717) is 16.8 Å². The van der Waals surface area contributed by atoms with Gasteiger partial charge in [0, 0.05) is 5.92 Å². The van der Waals surface area contributed by atoms with Crippen LogP contribution in [0.25, 0.3) is 0 Å². The van der Waals surface area contributed by atoms with Crippen LogP contribution in [0, 0.1) is 5.92 Å². The first-order valence-electron chi connectivity index (χ1n) is 3.68. The van der Waals surface area contributed by atoms with E-state index in [4.69, 9.17) is 0 Å². The van der Waals surface area contributed by atoms with Gasteiger partial charge in [0.05, 0.1) is 5.75 Å². The van der Waals surface area contributed by atoms with Crippen LogP contribution in [0.3, 0.4) is 0 Å². The molecule has 0 aliphatic rings. The summed E-state index contributed by atoms with van der Waals surface area (Å²) >= 11 is 1.72. The van der Waals surface area contributed by atoms with Crippen LogP contribution in [0.1, 0.15) is 27.7 Å². The lowest BCUT2D eigenvalue weighted by molar-refractivity contribution is -0.119. The van der Waals surface area contributed by atoms with Crippen molar-refractivity contribution in [1.29, 1.82) is 0 Å². The molecule has 0 radical (unpaired) electrons. The van der Waals surface area contributed by atoms with E-state index in [9.17, 15) is 4.79 Å². The van der Waals surface area contributed by atoms with Gasteiger partial charge < -0.3 is 0 Å². The van der Waals surface area contributed by atoms with E-state index in [-0.39, 0.29) is 5.92 Å². The summed E-state index contributed by atoms with van der Waals surface area (Å²) in [5.74, 6) is 1.24. The summed E-state index contributed by atoms with van der Waals surface area (Å²) in [6.07, 6.45) is 0. The fourth-order valence-corrected chi connectivity index (χ4v) is 1.25. The number of thioether (sulfide) groups is 1. The minimum absolute atomic E-state index is 0.200. The second kappa shape index (κ2) is 4.78. The first-order chi connectivity index (χ1) is 4.54. The van der Waals surface area contributed by atoms with E-state index in [1.165, 1.54) is 0 Å². The number of Topliss-reactive ketones (excluding diaryl/α,β-unsaturated/α-hetero) is 1. The van der Waals surface area contributed by atoms with Gasteiger partial charge in [0.25, 0.3) is 0 Å². The largest absolute Gasteiger partial charge is 0.298 e. The van der Waals surface area contributed by atoms with Crippen molar-refractivity contribution in [3.8, 4) is 0 Å². The van der Waals surface area contributed by atoms with E-state index in [1.54, 1.807) is 11.8 Å². The summed E-state index contributed by atoms with van der Waals surface area (Å²) in [6.45, 7) is 8.11. The Balaban J connectivity index is 3.40. The van der Waals surface area contributed by atoms with Crippen LogP contribution >= 0.6 is 11.8 Å². The highest BCUT2D eigenvalue weighted by molar-refractivity contribution is 8.00. The fourth-order valence-electron chi connectivity index (χ4n) is 0.415. The smallest absolute Gasteiger partial charge is 0.145 e. The van der Waals surface area contributed by atoms with Crippen molar-refractivity contribution >= 4 is 17.5 Å². The van der Waals surface area contributed by atoms with Gasteiger partial charge in [0.2, 0.25) is 0 Å². The standard InChI is InChI=1S/C8H16OS/c1-6(2)8(9)5-10-7(3)4/h6-7H,5H2,1-4H3. The first kappa shape index (κ1) is 10.0. The summed E-state index contributed by atoms with van der Waals surface area (Å²) in [7, 11) is 0. The van der Waals surface area contributed by atoms with Crippen molar-refractivity contribution < 1.29 is 4.79 Å². The summed E-state index contributed by atoms with van der Waals surface area (Å²) in [4.78, 5) is 11.0. The predicted molar refractivity (Wildman–Crippen MR) is 47.4 cm³/mol. The first-order valence-corrected chi connectivity index (χ1v) is 4.73. The van der Waals surface area contributed by atoms with Gasteiger partial charge in [-0.2, -0.15) is 11.8 Å². The molecule has 0 unspecified atom stereocenters. The molecular formula is C8H16OS. The van der Waals surface area contributed by atoms with Crippen LogP contribution in [-0.4, -0.2) is 16.8 Å². The normalized spacial score (nSPS) is 11.0. The Morgan fingerprint density at radius 3 is 2.10 bits per heavy atom. The van der Waals surface area contributed by atoms with Gasteiger partial charge in [0.15, 0.2) is 0 Å². The van der Waals surface area contributed by atoms with Crippen molar-refractivity contribution in [1.82, 2.24) is 0 Å². The molecule has 0 aliphatic heterocycles. The predicted octanol–water partition coefficient (Wildman–Crippen LogP) is 2.35. The fraction of sp³-hybridized carbons (Fsp3) is 0.875. The van der Waals surface area contributed by atoms with Crippen molar-refractivity contribution in [2.75, 3.05) is 5.75 Å². The average molecular weight is 160 g/mol. The molecule has 0 aliphatic carbocycles. The van der Waals surface area contributed by atoms with Crippen molar-refractivity contribution in [3.05, 3.63) is 0 Å². The highest BCUT2D eigenvalue weighted by atomic mass is 32.2. The van der Waals surface area contributed by atoms with Gasteiger partial charge in [0.1, 0.15) is 5.78 Å². The van der Waals surface area contributed by atoms with Crippen molar-refractivity contribution in [3.63, 3.8) is 0 Å². The summed E-state index contributed by atoms with van der Waals surface area (Å²) in [5.41, 5.74) is 0. The second-order valence-electron chi connectivity index (χ2n) is 2.98. The third-order valence-electron chi connectivity index (χ3n) is 1.20. The van der Waals surface area contributed by atoms with E-state index in [2.05, 4.69) is 13.8 Å². The Morgan fingerprint density at radius 1 is 1.30 bits per heavy atom. The molecule has 1 nitrogen and oxygen atoms in total. The number of ketones is 1. The zero-order valence-electron chi connectivity index (χ0n) is 7.18. The lowest BCUT2D eigenvalue weighted by Crippen LogP contribution is -2.10. The van der Waals surface area contributed by atoms with E-state index in [1.807, 2.05) is 13.8 Å². The molecule has 0 spiro atoms. The third-order valence-corrected chi connectivity index (χ3v) is 2.32. The molecule has 60 valence electrons. The molecule has 2 heteroatoms. The van der Waals surface area contributed by atoms with Crippen LogP contribution in [-0.2, 0) is 4.79 Å². The molecule has 0 rings (SSSR count). The number of carbonyl (C=O) groups excluding carboxylic acids is 1. The maximum Gasteiger partial charge on any atom is 0.145 e. The Labute approximate surface area is 67.6 Å². The highest BCUT2D eigenvalue weighted by Gasteiger charge is 2.07. The molecule has 0 aromatic rings. The second-order valence-corrected chi connectivity index (χ2v) is 4.55. The summed E-state index contributed by atoms with van der Waals surface area (Å²) in [6, 6.07) is 0. The molecule has 0 aromatic heterocycles. The van der Waals surface area contributed by atoms with Crippen molar-refractivity contribution in [2.24, 2.45) is 5.92 Å². The SMILES string of the molecule is CC(C)SCC(=O)C(C)C. The van der Waals surface area contributed by atoms with Crippen LogP contribution in [0.4, 0.5) is 0 Å². The minimum Gasteiger partial charge on any atom is -0.298 e. The van der Waals surface area contributed by atoms with Gasteiger partial charge in [-0.05, 0) is 5.25 Å². The Hall–Kier alpha value is 0.0200. The zero-order chi connectivity index (χ0) is 8.15. The van der Waals surface area contributed by atoms with E-state index >= 15 is 0 Å². The van der Waals surface area contributed by atoms with E-state index < -0.39 is 0 Å². The quantitative estimate of drug-likeness (QED) is 0.628. The van der Waals surface area contributed by atoms with Gasteiger partial charge in [-0.1, -0.05) is 27.7 Å². The van der Waals surface area contributed by atoms with Gasteiger partial charge in [-0.15, -0.1) is 0 Å². The molecule has 0 N–H and O–H groups in total. The lowest BCUT2D eigenvalue weighted by Gasteiger charge is -2.05. The topological polar surface area (TPSA) is 17.1 Å². The molecular weight excluding hydrogens is 144 g/mol. The molecule has 0 saturated heterocycles. The maximum absolute atomic E-state index is 11.0. The lowest BCUT2D eigenvalue weighted by atomic mass is 10.1. The van der Waals surface area contributed by atoms with Crippen LogP contribution in [0.5, 0.6) is 0 Å².